The number of nitrogens with zero attached hydrogens (tertiary/aromatic N) is 2. The summed E-state index contributed by atoms with van der Waals surface area (Å²) in [6, 6.07) is 10.2. The fourth-order valence-corrected chi connectivity index (χ4v) is 2.89. The molecule has 0 bridgehead atoms. The van der Waals surface area contributed by atoms with Gasteiger partial charge in [0.25, 0.3) is 0 Å². The summed E-state index contributed by atoms with van der Waals surface area (Å²) < 4.78 is 0. The van der Waals surface area contributed by atoms with Crippen molar-refractivity contribution in [2.75, 3.05) is 28.2 Å². The van der Waals surface area contributed by atoms with E-state index in [-0.39, 0.29) is 5.66 Å². The Kier molecular flexibility index (Phi) is 4.53. The van der Waals surface area contributed by atoms with E-state index in [0.29, 0.717) is 0 Å². The molecular weight excluding hydrogens is 264 g/mol. The highest BCUT2D eigenvalue weighted by Crippen LogP contribution is 2.29. The molecule has 0 N–H and O–H groups in total. The van der Waals surface area contributed by atoms with Crippen LogP contribution in [0.25, 0.3) is 0 Å². The lowest BCUT2D eigenvalue weighted by Gasteiger charge is -2.44. The number of hydrogen-bond donors (Lipinski definition) is 0. The van der Waals surface area contributed by atoms with Gasteiger partial charge >= 0.3 is 0 Å². The number of thiocarbonyl (C=S) groups is 1. The summed E-state index contributed by atoms with van der Waals surface area (Å²) in [7, 11) is 8.44. The van der Waals surface area contributed by atoms with Crippen molar-refractivity contribution in [2.45, 2.75) is 12.1 Å². The van der Waals surface area contributed by atoms with Gasteiger partial charge in [-0.15, -0.1) is 0 Å². The average molecular weight is 286 g/mol. The van der Waals surface area contributed by atoms with Crippen molar-refractivity contribution in [1.82, 2.24) is 9.80 Å². The number of allylic oxidation sites excluding steroid dienone is 2. The van der Waals surface area contributed by atoms with Gasteiger partial charge in [0, 0.05) is 6.42 Å². The van der Waals surface area contributed by atoms with Gasteiger partial charge in [-0.1, -0.05) is 54.7 Å². The molecule has 0 fully saturated rings. The van der Waals surface area contributed by atoms with E-state index in [1.165, 1.54) is 0 Å². The molecule has 20 heavy (non-hydrogen) atoms. The fraction of sp³-hybridized carbons (Fsp3) is 0.353. The van der Waals surface area contributed by atoms with Crippen molar-refractivity contribution in [3.63, 3.8) is 0 Å². The molecule has 1 aliphatic rings. The summed E-state index contributed by atoms with van der Waals surface area (Å²) in [5.41, 5.74) is 2.20. The zero-order valence-corrected chi connectivity index (χ0v) is 13.4. The lowest BCUT2D eigenvalue weighted by molar-refractivity contribution is 0.0519. The lowest BCUT2D eigenvalue weighted by atomic mass is 9.91. The largest absolute Gasteiger partial charge is 0.288 e. The van der Waals surface area contributed by atoms with E-state index in [1.807, 2.05) is 18.2 Å². The van der Waals surface area contributed by atoms with Gasteiger partial charge in [0.05, 0.1) is 10.5 Å². The summed E-state index contributed by atoms with van der Waals surface area (Å²) in [4.78, 5) is 5.40. The van der Waals surface area contributed by atoms with E-state index in [1.54, 1.807) is 0 Å². The molecule has 0 saturated heterocycles. The van der Waals surface area contributed by atoms with Crippen molar-refractivity contribution < 1.29 is 0 Å². The Morgan fingerprint density at radius 1 is 1.05 bits per heavy atom. The quantitative estimate of drug-likeness (QED) is 0.477. The van der Waals surface area contributed by atoms with Crippen molar-refractivity contribution in [1.29, 1.82) is 0 Å². The molecule has 2 rings (SSSR count). The highest BCUT2D eigenvalue weighted by Gasteiger charge is 2.33. The smallest absolute Gasteiger partial charge is 0.0958 e. The second kappa shape index (κ2) is 6.00. The highest BCUT2D eigenvalue weighted by molar-refractivity contribution is 7.81. The first kappa shape index (κ1) is 15.1. The Balaban J connectivity index is 2.22. The highest BCUT2D eigenvalue weighted by atomic mass is 32.1. The number of likely N-dealkylation sites (N-methyl/N-ethyl adjacent to an activating group) is 2. The third-order valence-electron chi connectivity index (χ3n) is 4.00. The normalized spacial score (nSPS) is 17.4. The van der Waals surface area contributed by atoms with Gasteiger partial charge in [-0.05, 0) is 45.4 Å². The van der Waals surface area contributed by atoms with Crippen LogP contribution in [0.5, 0.6) is 0 Å². The maximum absolute atomic E-state index is 5.60. The molecule has 0 spiro atoms. The van der Waals surface area contributed by atoms with E-state index in [0.717, 1.165) is 22.4 Å². The van der Waals surface area contributed by atoms with Gasteiger partial charge in [-0.3, -0.25) is 9.80 Å². The fourth-order valence-electron chi connectivity index (χ4n) is 2.61. The van der Waals surface area contributed by atoms with Gasteiger partial charge in [-0.25, -0.2) is 0 Å². The molecule has 0 radical (unpaired) electrons. The minimum atomic E-state index is -0.0597. The van der Waals surface area contributed by atoms with Crippen molar-refractivity contribution in [3.05, 3.63) is 59.7 Å². The van der Waals surface area contributed by atoms with Gasteiger partial charge < -0.3 is 0 Å². The van der Waals surface area contributed by atoms with E-state index >= 15 is 0 Å². The number of hydrogen-bond acceptors (Lipinski definition) is 3. The second-order valence-corrected chi connectivity index (χ2v) is 5.97. The van der Waals surface area contributed by atoms with Crippen molar-refractivity contribution in [2.24, 2.45) is 0 Å². The van der Waals surface area contributed by atoms with Crippen LogP contribution in [0.4, 0.5) is 0 Å². The zero-order chi connectivity index (χ0) is 14.8. The molecule has 0 aliphatic heterocycles. The maximum Gasteiger partial charge on any atom is 0.0958 e. The van der Waals surface area contributed by atoms with Gasteiger partial charge in [0.15, 0.2) is 0 Å². The van der Waals surface area contributed by atoms with E-state index in [9.17, 15) is 0 Å². The Hall–Kier alpha value is -1.29. The minimum absolute atomic E-state index is 0.0597. The van der Waals surface area contributed by atoms with Crippen molar-refractivity contribution in [3.8, 4) is 0 Å². The Morgan fingerprint density at radius 2 is 1.65 bits per heavy atom. The van der Waals surface area contributed by atoms with Crippen LogP contribution in [0.1, 0.15) is 12.0 Å². The first-order chi connectivity index (χ1) is 9.47. The van der Waals surface area contributed by atoms with Crippen LogP contribution >= 0.6 is 12.2 Å². The summed E-state index contributed by atoms with van der Waals surface area (Å²) in [5, 5.41) is 0. The molecule has 0 heterocycles. The predicted molar refractivity (Wildman–Crippen MR) is 90.1 cm³/mol. The molecule has 0 aromatic heterocycles. The molecule has 3 heteroatoms. The summed E-state index contributed by atoms with van der Waals surface area (Å²) in [6.45, 7) is 0. The third-order valence-corrected chi connectivity index (χ3v) is 4.47. The van der Waals surface area contributed by atoms with Gasteiger partial charge in [-0.2, -0.15) is 0 Å². The van der Waals surface area contributed by atoms with Crippen LogP contribution in [0.15, 0.2) is 54.1 Å². The van der Waals surface area contributed by atoms with Crippen LogP contribution in [0.2, 0.25) is 0 Å². The minimum Gasteiger partial charge on any atom is -0.288 e. The second-order valence-electron chi connectivity index (χ2n) is 5.56. The molecule has 1 aliphatic carbocycles. The Labute approximate surface area is 127 Å². The molecule has 0 atom stereocenters. The van der Waals surface area contributed by atoms with Crippen LogP contribution in [-0.4, -0.2) is 48.5 Å². The van der Waals surface area contributed by atoms with Crippen LogP contribution in [0.3, 0.4) is 0 Å². The molecule has 0 saturated carbocycles. The zero-order valence-electron chi connectivity index (χ0n) is 12.6. The first-order valence-electron chi connectivity index (χ1n) is 6.81. The van der Waals surface area contributed by atoms with Crippen LogP contribution in [-0.2, 0) is 0 Å². The summed E-state index contributed by atoms with van der Waals surface area (Å²) in [6.07, 6.45) is 7.58. The molecule has 1 aromatic rings. The monoisotopic (exact) mass is 286 g/mol. The molecular formula is C17H22N2S. The average Bonchev–Trinajstić information content (AvgIpc) is 2.47. The summed E-state index contributed by atoms with van der Waals surface area (Å²) in [5.74, 6) is 0. The Bertz CT molecular complexity index is 533. The molecule has 2 nitrogen and oxygen atoms in total. The molecule has 0 unspecified atom stereocenters. The molecule has 1 aromatic carbocycles. The lowest BCUT2D eigenvalue weighted by Crippen LogP contribution is -2.54. The number of rotatable bonds is 4. The predicted octanol–water partition coefficient (Wildman–Crippen LogP) is 3.11. The van der Waals surface area contributed by atoms with E-state index in [4.69, 9.17) is 12.2 Å². The third kappa shape index (κ3) is 2.75. The first-order valence-corrected chi connectivity index (χ1v) is 7.22. The maximum atomic E-state index is 5.60. The van der Waals surface area contributed by atoms with Gasteiger partial charge in [0.2, 0.25) is 0 Å². The van der Waals surface area contributed by atoms with E-state index < -0.39 is 0 Å². The summed E-state index contributed by atoms with van der Waals surface area (Å²) >= 11 is 5.60. The standard InChI is InChI=1S/C17H22N2S/c1-18(2)17(19(3)4)12-10-15(11-13-17)16(20)14-8-6-5-7-9-14/h5-12H,13H2,1-4H3. The Morgan fingerprint density at radius 3 is 2.10 bits per heavy atom. The molecule has 0 amide bonds. The topological polar surface area (TPSA) is 6.48 Å². The van der Waals surface area contributed by atoms with E-state index in [2.05, 4.69) is 68.4 Å². The van der Waals surface area contributed by atoms with Crippen LogP contribution in [0, 0.1) is 0 Å². The van der Waals surface area contributed by atoms with Gasteiger partial charge in [0.1, 0.15) is 0 Å². The van der Waals surface area contributed by atoms with Crippen molar-refractivity contribution >= 4 is 17.1 Å². The molecule has 106 valence electrons. The number of benzene rings is 1. The van der Waals surface area contributed by atoms with Crippen LogP contribution < -0.4 is 0 Å². The SMILES string of the molecule is CN(C)C1(N(C)C)C=CC(C(=S)c2ccccc2)=CC1.